The summed E-state index contributed by atoms with van der Waals surface area (Å²) in [7, 11) is -4.50. The molecule has 1 aliphatic carbocycles. The number of benzene rings is 3. The van der Waals surface area contributed by atoms with E-state index >= 15 is 0 Å². The fourth-order valence-electron chi connectivity index (χ4n) is 4.87. The molecule has 3 aromatic carbocycles. The van der Waals surface area contributed by atoms with E-state index < -0.39 is 46.2 Å². The SMILES string of the molecule is C[C@H](C(=O)NC1CCCC1)N(Cc1ccccc1Cl)C(=O)CN(c1cccc(C(F)(F)F)c1)S(=O)(=O)c1ccccc1. The molecule has 0 bridgehead atoms. The number of alkyl halides is 3. The zero-order valence-electron chi connectivity index (χ0n) is 22.9. The van der Waals surface area contributed by atoms with Crippen LogP contribution in [0.25, 0.3) is 0 Å². The van der Waals surface area contributed by atoms with Gasteiger partial charge in [-0.25, -0.2) is 8.42 Å². The van der Waals surface area contributed by atoms with Crippen molar-refractivity contribution >= 4 is 39.1 Å². The van der Waals surface area contributed by atoms with Crippen LogP contribution in [0.5, 0.6) is 0 Å². The summed E-state index contributed by atoms with van der Waals surface area (Å²) in [5, 5.41) is 3.30. The first kappa shape index (κ1) is 31.4. The number of halogens is 4. The number of hydrogen-bond donors (Lipinski definition) is 1. The van der Waals surface area contributed by atoms with Gasteiger partial charge in [0.1, 0.15) is 12.6 Å². The normalized spacial score (nSPS) is 14.8. The lowest BCUT2D eigenvalue weighted by Gasteiger charge is -2.32. The molecular formula is C30H31ClF3N3O4S. The molecule has 1 fully saturated rings. The Bertz CT molecular complexity index is 1510. The predicted octanol–water partition coefficient (Wildman–Crippen LogP) is 6.03. The van der Waals surface area contributed by atoms with Gasteiger partial charge in [-0.05, 0) is 61.7 Å². The molecule has 42 heavy (non-hydrogen) atoms. The molecule has 0 spiro atoms. The largest absolute Gasteiger partial charge is 0.416 e. The van der Waals surface area contributed by atoms with Gasteiger partial charge in [-0.2, -0.15) is 13.2 Å². The molecule has 0 radical (unpaired) electrons. The second-order valence-electron chi connectivity index (χ2n) is 10.2. The second kappa shape index (κ2) is 13.2. The van der Waals surface area contributed by atoms with E-state index in [2.05, 4.69) is 5.32 Å². The van der Waals surface area contributed by atoms with Crippen LogP contribution in [0.15, 0.2) is 83.8 Å². The number of carbonyl (C=O) groups excluding carboxylic acids is 2. The van der Waals surface area contributed by atoms with Crippen molar-refractivity contribution in [1.82, 2.24) is 10.2 Å². The molecule has 224 valence electrons. The van der Waals surface area contributed by atoms with Crippen LogP contribution in [0.4, 0.5) is 18.9 Å². The molecule has 1 N–H and O–H groups in total. The van der Waals surface area contributed by atoms with Crippen molar-refractivity contribution in [2.75, 3.05) is 10.8 Å². The second-order valence-corrected chi connectivity index (χ2v) is 12.4. The third kappa shape index (κ3) is 7.43. The minimum absolute atomic E-state index is 0.0303. The minimum Gasteiger partial charge on any atom is -0.352 e. The fourth-order valence-corrected chi connectivity index (χ4v) is 6.49. The van der Waals surface area contributed by atoms with Crippen LogP contribution < -0.4 is 9.62 Å². The van der Waals surface area contributed by atoms with E-state index in [1.54, 1.807) is 30.3 Å². The molecular weight excluding hydrogens is 591 g/mol. The van der Waals surface area contributed by atoms with Gasteiger partial charge in [-0.1, -0.05) is 66.9 Å². The standard InChI is InChI=1S/C30H31ClF3N3O4S/c1-21(29(39)35-24-12-6-7-13-24)36(19-22-10-5-8-17-27(22)31)28(38)20-37(42(40,41)26-15-3-2-4-16-26)25-14-9-11-23(18-25)30(32,33)34/h2-5,8-11,14-18,21,24H,6-7,12-13,19-20H2,1H3,(H,35,39)/t21-/m1/s1. The molecule has 0 aromatic heterocycles. The van der Waals surface area contributed by atoms with E-state index in [0.29, 0.717) is 21.0 Å². The average Bonchev–Trinajstić information content (AvgIpc) is 3.48. The Morgan fingerprint density at radius 1 is 0.976 bits per heavy atom. The molecule has 1 saturated carbocycles. The van der Waals surface area contributed by atoms with Crippen LogP contribution in [0.1, 0.15) is 43.7 Å². The number of rotatable bonds is 10. The quantitative estimate of drug-likeness (QED) is 0.300. The van der Waals surface area contributed by atoms with E-state index in [1.165, 1.54) is 42.2 Å². The van der Waals surface area contributed by atoms with Gasteiger partial charge < -0.3 is 10.2 Å². The molecule has 2 amide bonds. The van der Waals surface area contributed by atoms with Gasteiger partial charge in [-0.3, -0.25) is 13.9 Å². The summed E-state index contributed by atoms with van der Waals surface area (Å²) in [6.07, 6.45) is -1.16. The number of carbonyl (C=O) groups is 2. The first-order valence-electron chi connectivity index (χ1n) is 13.5. The van der Waals surface area contributed by atoms with E-state index in [1.807, 2.05) is 0 Å². The monoisotopic (exact) mass is 621 g/mol. The zero-order valence-corrected chi connectivity index (χ0v) is 24.4. The van der Waals surface area contributed by atoms with Crippen molar-refractivity contribution in [1.29, 1.82) is 0 Å². The fraction of sp³-hybridized carbons (Fsp3) is 0.333. The summed E-state index contributed by atoms with van der Waals surface area (Å²) in [6.45, 7) is 0.545. The van der Waals surface area contributed by atoms with Gasteiger partial charge in [0.15, 0.2) is 0 Å². The first-order valence-corrected chi connectivity index (χ1v) is 15.3. The van der Waals surface area contributed by atoms with E-state index in [-0.39, 0.29) is 23.2 Å². The smallest absolute Gasteiger partial charge is 0.352 e. The molecule has 0 heterocycles. The van der Waals surface area contributed by atoms with Gasteiger partial charge >= 0.3 is 6.18 Å². The lowest BCUT2D eigenvalue weighted by molar-refractivity contribution is -0.139. The Hall–Kier alpha value is -3.57. The van der Waals surface area contributed by atoms with E-state index in [4.69, 9.17) is 11.6 Å². The molecule has 0 unspecified atom stereocenters. The molecule has 1 atom stereocenters. The Labute approximate surface area is 248 Å². The van der Waals surface area contributed by atoms with Gasteiger partial charge in [0, 0.05) is 17.6 Å². The van der Waals surface area contributed by atoms with Crippen molar-refractivity contribution in [3.8, 4) is 0 Å². The number of sulfonamides is 1. The molecule has 0 saturated heterocycles. The molecule has 7 nitrogen and oxygen atoms in total. The van der Waals surface area contributed by atoms with Gasteiger partial charge in [-0.15, -0.1) is 0 Å². The van der Waals surface area contributed by atoms with Crippen LogP contribution in [-0.2, 0) is 32.3 Å². The highest BCUT2D eigenvalue weighted by Gasteiger charge is 2.35. The number of hydrogen-bond acceptors (Lipinski definition) is 4. The maximum Gasteiger partial charge on any atom is 0.416 e. The minimum atomic E-state index is -4.74. The summed E-state index contributed by atoms with van der Waals surface area (Å²) >= 11 is 6.36. The van der Waals surface area contributed by atoms with Gasteiger partial charge in [0.25, 0.3) is 10.0 Å². The Morgan fingerprint density at radius 3 is 2.26 bits per heavy atom. The highest BCUT2D eigenvalue weighted by Crippen LogP contribution is 2.33. The van der Waals surface area contributed by atoms with Crippen molar-refractivity contribution in [3.63, 3.8) is 0 Å². The third-order valence-electron chi connectivity index (χ3n) is 7.24. The summed E-state index contributed by atoms with van der Waals surface area (Å²) in [5.74, 6) is -1.21. The predicted molar refractivity (Wildman–Crippen MR) is 154 cm³/mol. The third-order valence-corrected chi connectivity index (χ3v) is 9.40. The Kier molecular flexibility index (Phi) is 9.83. The molecule has 3 aromatic rings. The number of nitrogens with zero attached hydrogens (tertiary/aromatic N) is 2. The zero-order chi connectivity index (χ0) is 30.5. The highest BCUT2D eigenvalue weighted by molar-refractivity contribution is 7.92. The van der Waals surface area contributed by atoms with Crippen molar-refractivity contribution in [2.24, 2.45) is 0 Å². The summed E-state index contributed by atoms with van der Waals surface area (Å²) in [5.41, 5.74) is -0.898. The molecule has 12 heteroatoms. The maximum atomic E-state index is 14.0. The number of nitrogens with one attached hydrogen (secondary N) is 1. The lowest BCUT2D eigenvalue weighted by atomic mass is 10.1. The van der Waals surface area contributed by atoms with Crippen LogP contribution in [0, 0.1) is 0 Å². The molecule has 4 rings (SSSR count). The number of anilines is 1. The summed E-state index contributed by atoms with van der Waals surface area (Å²) < 4.78 is 68.9. The first-order chi connectivity index (χ1) is 19.9. The average molecular weight is 622 g/mol. The van der Waals surface area contributed by atoms with Gasteiger partial charge in [0.2, 0.25) is 11.8 Å². The van der Waals surface area contributed by atoms with Crippen LogP contribution >= 0.6 is 11.6 Å². The van der Waals surface area contributed by atoms with E-state index in [9.17, 15) is 31.2 Å². The van der Waals surface area contributed by atoms with Crippen LogP contribution in [0.2, 0.25) is 5.02 Å². The van der Waals surface area contributed by atoms with Gasteiger partial charge in [0.05, 0.1) is 16.1 Å². The van der Waals surface area contributed by atoms with E-state index in [0.717, 1.165) is 37.8 Å². The summed E-state index contributed by atoms with van der Waals surface area (Å²) in [6, 6.07) is 16.5. The van der Waals surface area contributed by atoms with Crippen LogP contribution in [0.3, 0.4) is 0 Å². The highest BCUT2D eigenvalue weighted by atomic mass is 35.5. The van der Waals surface area contributed by atoms with Crippen molar-refractivity contribution in [2.45, 2.75) is 62.3 Å². The molecule has 1 aliphatic rings. The summed E-state index contributed by atoms with van der Waals surface area (Å²) in [4.78, 5) is 28.2. The maximum absolute atomic E-state index is 14.0. The Balaban J connectivity index is 1.73. The Morgan fingerprint density at radius 2 is 1.62 bits per heavy atom. The number of amides is 2. The molecule has 0 aliphatic heterocycles. The van der Waals surface area contributed by atoms with Crippen LogP contribution in [-0.4, -0.2) is 43.8 Å². The van der Waals surface area contributed by atoms with Crippen molar-refractivity contribution < 1.29 is 31.2 Å². The lowest BCUT2D eigenvalue weighted by Crippen LogP contribution is -2.52. The van der Waals surface area contributed by atoms with Crippen molar-refractivity contribution in [3.05, 3.63) is 95.0 Å². The topological polar surface area (TPSA) is 86.8 Å².